The molecule has 0 fully saturated rings. The Hall–Kier alpha value is -1.63. The molecule has 1 N–H and O–H groups in total. The first kappa shape index (κ1) is 32.0. The van der Waals surface area contributed by atoms with Gasteiger partial charge in [0, 0.05) is 34.0 Å². The molecule has 7 heteroatoms. The summed E-state index contributed by atoms with van der Waals surface area (Å²) in [6.07, 6.45) is 11.3. The molecule has 0 saturated carbocycles. The number of carbonyl (C=O) groups is 3. The Morgan fingerprint density at radius 2 is 0.931 bits per heavy atom. The zero-order chi connectivity index (χ0) is 22.8. The summed E-state index contributed by atoms with van der Waals surface area (Å²) in [6, 6.07) is 0. The third-order valence-corrected chi connectivity index (χ3v) is 3.53. The zero-order valence-electron chi connectivity index (χ0n) is 19.3. The van der Waals surface area contributed by atoms with Crippen LogP contribution in [0.5, 0.6) is 0 Å². The van der Waals surface area contributed by atoms with Crippen LogP contribution in [0.25, 0.3) is 0 Å². The fourth-order valence-corrected chi connectivity index (χ4v) is 2.05. The van der Waals surface area contributed by atoms with Gasteiger partial charge < -0.3 is 19.3 Å². The molecule has 174 valence electrons. The van der Waals surface area contributed by atoms with Crippen LogP contribution in [0.15, 0.2) is 0 Å². The van der Waals surface area contributed by atoms with Crippen LogP contribution in [-0.2, 0) is 28.6 Å². The molecule has 0 radical (unpaired) electrons. The summed E-state index contributed by atoms with van der Waals surface area (Å²) >= 11 is 0. The van der Waals surface area contributed by atoms with Crippen molar-refractivity contribution >= 4 is 17.9 Å². The second-order valence-electron chi connectivity index (χ2n) is 6.70. The molecule has 7 nitrogen and oxygen atoms in total. The lowest BCUT2D eigenvalue weighted by Gasteiger charge is -2.05. The molecule has 0 saturated heterocycles. The van der Waals surface area contributed by atoms with Crippen LogP contribution in [0.1, 0.15) is 97.8 Å². The first-order valence-corrected chi connectivity index (χ1v) is 10.8. The molecule has 0 aliphatic rings. The van der Waals surface area contributed by atoms with E-state index in [0.29, 0.717) is 26.1 Å². The van der Waals surface area contributed by atoms with Crippen LogP contribution in [0.4, 0.5) is 0 Å². The van der Waals surface area contributed by atoms with Crippen LogP contribution in [0.2, 0.25) is 0 Å². The predicted molar refractivity (Wildman–Crippen MR) is 115 cm³/mol. The zero-order valence-corrected chi connectivity index (χ0v) is 19.3. The van der Waals surface area contributed by atoms with Crippen molar-refractivity contribution in [1.82, 2.24) is 0 Å². The Morgan fingerprint density at radius 1 is 0.655 bits per heavy atom. The van der Waals surface area contributed by atoms with Crippen molar-refractivity contribution < 1.29 is 33.7 Å². The van der Waals surface area contributed by atoms with Gasteiger partial charge in [0.15, 0.2) is 0 Å². The van der Waals surface area contributed by atoms with Crippen molar-refractivity contribution in [1.29, 1.82) is 0 Å². The van der Waals surface area contributed by atoms with Crippen LogP contribution in [0.3, 0.4) is 0 Å². The van der Waals surface area contributed by atoms with Crippen molar-refractivity contribution in [2.75, 3.05) is 27.4 Å². The SMILES string of the molecule is CC(=O)O.CCCCOC(=O)CCCCCCCCC(=O)OCCCC.COC. The van der Waals surface area contributed by atoms with Crippen molar-refractivity contribution in [2.24, 2.45) is 0 Å². The quantitative estimate of drug-likeness (QED) is 0.289. The van der Waals surface area contributed by atoms with E-state index in [9.17, 15) is 9.59 Å². The van der Waals surface area contributed by atoms with E-state index in [4.69, 9.17) is 19.4 Å². The lowest BCUT2D eigenvalue weighted by atomic mass is 10.1. The van der Waals surface area contributed by atoms with Gasteiger partial charge in [-0.2, -0.15) is 0 Å². The molecule has 0 atom stereocenters. The van der Waals surface area contributed by atoms with Crippen LogP contribution >= 0.6 is 0 Å². The maximum Gasteiger partial charge on any atom is 0.305 e. The lowest BCUT2D eigenvalue weighted by Crippen LogP contribution is -2.05. The fourth-order valence-electron chi connectivity index (χ4n) is 2.05. The first-order valence-electron chi connectivity index (χ1n) is 10.8. The van der Waals surface area contributed by atoms with Gasteiger partial charge in [-0.15, -0.1) is 0 Å². The van der Waals surface area contributed by atoms with Gasteiger partial charge in [-0.05, 0) is 25.7 Å². The van der Waals surface area contributed by atoms with Crippen molar-refractivity contribution in [3.05, 3.63) is 0 Å². The minimum Gasteiger partial charge on any atom is -0.481 e. The number of methoxy groups -OCH3 is 1. The van der Waals surface area contributed by atoms with Gasteiger partial charge in [-0.3, -0.25) is 14.4 Å². The Kier molecular flexibility index (Phi) is 31.6. The number of carbonyl (C=O) groups excluding carboxylic acids is 2. The molecular formula is C22H44O7. The standard InChI is InChI=1S/C18H34O4.C2H4O2.C2H6O/c1-3-5-15-21-17(19)13-11-9-7-8-10-12-14-18(20)22-16-6-4-2;1-2(3)4;1-3-2/h3-16H2,1-2H3;1H3,(H,3,4);1-2H3. The number of carboxylic acid groups (broad SMARTS) is 1. The van der Waals surface area contributed by atoms with E-state index < -0.39 is 5.97 Å². The lowest BCUT2D eigenvalue weighted by molar-refractivity contribution is -0.144. The van der Waals surface area contributed by atoms with Gasteiger partial charge in [0.2, 0.25) is 0 Å². The molecule has 0 aromatic carbocycles. The number of rotatable bonds is 15. The largest absolute Gasteiger partial charge is 0.481 e. The summed E-state index contributed by atoms with van der Waals surface area (Å²) in [5.41, 5.74) is 0. The summed E-state index contributed by atoms with van der Waals surface area (Å²) in [5.74, 6) is -0.966. The van der Waals surface area contributed by atoms with E-state index in [-0.39, 0.29) is 11.9 Å². The number of hydrogen-bond acceptors (Lipinski definition) is 6. The minimum atomic E-state index is -0.833. The number of hydrogen-bond donors (Lipinski definition) is 1. The van der Waals surface area contributed by atoms with Gasteiger partial charge in [0.1, 0.15) is 0 Å². The molecule has 0 aliphatic carbocycles. The molecule has 0 aromatic rings. The Bertz CT molecular complexity index is 338. The average molecular weight is 421 g/mol. The van der Waals surface area contributed by atoms with Crippen LogP contribution < -0.4 is 0 Å². The highest BCUT2D eigenvalue weighted by Crippen LogP contribution is 2.10. The van der Waals surface area contributed by atoms with E-state index in [1.807, 2.05) is 0 Å². The molecule has 29 heavy (non-hydrogen) atoms. The van der Waals surface area contributed by atoms with Gasteiger partial charge >= 0.3 is 11.9 Å². The predicted octanol–water partition coefficient (Wildman–Crippen LogP) is 5.15. The second-order valence-corrected chi connectivity index (χ2v) is 6.70. The number of ether oxygens (including phenoxy) is 3. The summed E-state index contributed by atoms with van der Waals surface area (Å²) in [6.45, 7) is 6.37. The summed E-state index contributed by atoms with van der Waals surface area (Å²) in [5, 5.41) is 7.42. The normalized spacial score (nSPS) is 9.41. The van der Waals surface area contributed by atoms with Gasteiger partial charge in [0.25, 0.3) is 5.97 Å². The number of unbranched alkanes of at least 4 members (excludes halogenated alkanes) is 7. The number of carboxylic acids is 1. The van der Waals surface area contributed by atoms with Crippen molar-refractivity contribution in [3.63, 3.8) is 0 Å². The van der Waals surface area contributed by atoms with Crippen LogP contribution in [-0.4, -0.2) is 50.4 Å². The van der Waals surface area contributed by atoms with E-state index >= 15 is 0 Å². The van der Waals surface area contributed by atoms with E-state index in [1.165, 1.54) is 0 Å². The Morgan fingerprint density at radius 3 is 1.21 bits per heavy atom. The third kappa shape index (κ3) is 41.7. The van der Waals surface area contributed by atoms with Gasteiger partial charge in [0.05, 0.1) is 13.2 Å². The van der Waals surface area contributed by atoms with Crippen molar-refractivity contribution in [2.45, 2.75) is 97.8 Å². The molecule has 0 aromatic heterocycles. The van der Waals surface area contributed by atoms with Gasteiger partial charge in [-0.25, -0.2) is 0 Å². The molecule has 0 aliphatic heterocycles. The molecular weight excluding hydrogens is 376 g/mol. The van der Waals surface area contributed by atoms with Crippen LogP contribution in [0, 0.1) is 0 Å². The second kappa shape index (κ2) is 28.6. The third-order valence-electron chi connectivity index (χ3n) is 3.53. The molecule has 0 heterocycles. The van der Waals surface area contributed by atoms with Gasteiger partial charge in [-0.1, -0.05) is 52.4 Å². The first-order chi connectivity index (χ1) is 13.8. The minimum absolute atomic E-state index is 0.0664. The number of aliphatic carboxylic acids is 1. The highest BCUT2D eigenvalue weighted by molar-refractivity contribution is 5.69. The highest BCUT2D eigenvalue weighted by Gasteiger charge is 2.03. The average Bonchev–Trinajstić information content (AvgIpc) is 2.64. The van der Waals surface area contributed by atoms with E-state index in [1.54, 1.807) is 14.2 Å². The highest BCUT2D eigenvalue weighted by atomic mass is 16.5. The number of esters is 2. The molecule has 0 bridgehead atoms. The summed E-state index contributed by atoms with van der Waals surface area (Å²) in [7, 11) is 3.25. The van der Waals surface area contributed by atoms with E-state index in [2.05, 4.69) is 18.6 Å². The summed E-state index contributed by atoms with van der Waals surface area (Å²) < 4.78 is 14.5. The van der Waals surface area contributed by atoms with E-state index in [0.717, 1.165) is 71.1 Å². The maximum absolute atomic E-state index is 11.4. The molecule has 0 unspecified atom stereocenters. The topological polar surface area (TPSA) is 99.1 Å². The fraction of sp³-hybridized carbons (Fsp3) is 0.864. The Balaban J connectivity index is -0.000000831. The monoisotopic (exact) mass is 420 g/mol. The molecule has 0 amide bonds. The Labute approximate surface area is 177 Å². The summed E-state index contributed by atoms with van der Waals surface area (Å²) in [4.78, 5) is 31.7. The molecule has 0 spiro atoms. The maximum atomic E-state index is 11.4. The van der Waals surface area contributed by atoms with Crippen molar-refractivity contribution in [3.8, 4) is 0 Å². The smallest absolute Gasteiger partial charge is 0.305 e. The molecule has 0 rings (SSSR count).